The Morgan fingerprint density at radius 2 is 2.16 bits per heavy atom. The van der Waals surface area contributed by atoms with Crippen LogP contribution in [0.2, 0.25) is 5.02 Å². The first-order chi connectivity index (χ1) is 12.0. The molecule has 2 aromatic carbocycles. The summed E-state index contributed by atoms with van der Waals surface area (Å²) in [5.41, 5.74) is 0.599. The van der Waals surface area contributed by atoms with Crippen LogP contribution in [0.15, 0.2) is 35.2 Å². The molecule has 0 unspecified atom stereocenters. The molecule has 0 fully saturated rings. The van der Waals surface area contributed by atoms with Crippen molar-refractivity contribution in [1.29, 1.82) is 0 Å². The number of hydrogen-bond donors (Lipinski definition) is 0. The standard InChI is InChI=1S/C16H12ClNO6S/c1-25-14-3-2-10(6-12(14)18(20)21)16(19)22-7-9-4-11(17)15-13(5-9)23-8-24-15/h2-6H,7-8H2,1H3. The van der Waals surface area contributed by atoms with E-state index in [2.05, 4.69) is 0 Å². The maximum atomic E-state index is 12.2. The summed E-state index contributed by atoms with van der Waals surface area (Å²) in [6.45, 7) is 0.0387. The predicted molar refractivity (Wildman–Crippen MR) is 91.6 cm³/mol. The highest BCUT2D eigenvalue weighted by Crippen LogP contribution is 2.40. The molecule has 0 radical (unpaired) electrons. The van der Waals surface area contributed by atoms with E-state index in [1.807, 2.05) is 0 Å². The molecule has 1 heterocycles. The minimum atomic E-state index is -0.662. The molecule has 0 N–H and O–H groups in total. The number of nitro benzene ring substituents is 1. The van der Waals surface area contributed by atoms with Crippen molar-refractivity contribution < 1.29 is 23.9 Å². The molecule has 0 saturated carbocycles. The van der Waals surface area contributed by atoms with Crippen LogP contribution in [-0.2, 0) is 11.3 Å². The van der Waals surface area contributed by atoms with Gasteiger partial charge in [-0.1, -0.05) is 11.6 Å². The van der Waals surface area contributed by atoms with Crippen LogP contribution in [0.1, 0.15) is 15.9 Å². The van der Waals surface area contributed by atoms with Crippen molar-refractivity contribution in [3.05, 3.63) is 56.6 Å². The van der Waals surface area contributed by atoms with Gasteiger partial charge in [-0.25, -0.2) is 4.79 Å². The Hall–Kier alpha value is -2.45. The molecule has 0 spiro atoms. The Labute approximate surface area is 152 Å². The van der Waals surface area contributed by atoms with E-state index in [0.29, 0.717) is 27.0 Å². The number of carbonyl (C=O) groups excluding carboxylic acids is 1. The average molecular weight is 382 g/mol. The van der Waals surface area contributed by atoms with Crippen molar-refractivity contribution in [2.45, 2.75) is 11.5 Å². The Morgan fingerprint density at radius 1 is 1.36 bits per heavy atom. The molecule has 0 aliphatic carbocycles. The fourth-order valence-electron chi connectivity index (χ4n) is 2.30. The lowest BCUT2D eigenvalue weighted by Gasteiger charge is -2.08. The van der Waals surface area contributed by atoms with Crippen molar-refractivity contribution in [3.8, 4) is 11.5 Å². The molecule has 130 valence electrons. The summed E-state index contributed by atoms with van der Waals surface area (Å²) < 4.78 is 15.7. The Morgan fingerprint density at radius 3 is 2.88 bits per heavy atom. The van der Waals surface area contributed by atoms with E-state index in [9.17, 15) is 14.9 Å². The zero-order valence-corrected chi connectivity index (χ0v) is 14.6. The Balaban J connectivity index is 1.74. The van der Waals surface area contributed by atoms with Gasteiger partial charge in [0.25, 0.3) is 5.69 Å². The number of nitro groups is 1. The number of halogens is 1. The number of thioether (sulfide) groups is 1. The summed E-state index contributed by atoms with van der Waals surface area (Å²) in [7, 11) is 0. The van der Waals surface area contributed by atoms with Gasteiger partial charge in [-0.3, -0.25) is 10.1 Å². The number of ether oxygens (including phenoxy) is 3. The molecule has 0 saturated heterocycles. The van der Waals surface area contributed by atoms with Gasteiger partial charge >= 0.3 is 5.97 Å². The van der Waals surface area contributed by atoms with Gasteiger partial charge in [0.1, 0.15) is 6.61 Å². The summed E-state index contributed by atoms with van der Waals surface area (Å²) in [5.74, 6) is 0.281. The maximum Gasteiger partial charge on any atom is 0.338 e. The number of benzene rings is 2. The second-order valence-electron chi connectivity index (χ2n) is 5.03. The number of esters is 1. The summed E-state index contributed by atoms with van der Waals surface area (Å²) in [6, 6.07) is 7.51. The fourth-order valence-corrected chi connectivity index (χ4v) is 3.13. The van der Waals surface area contributed by atoms with E-state index in [-0.39, 0.29) is 24.7 Å². The number of rotatable bonds is 5. The zero-order chi connectivity index (χ0) is 18.0. The van der Waals surface area contributed by atoms with E-state index >= 15 is 0 Å². The smallest absolute Gasteiger partial charge is 0.338 e. The summed E-state index contributed by atoms with van der Waals surface area (Å²) in [4.78, 5) is 23.2. The maximum absolute atomic E-state index is 12.2. The largest absolute Gasteiger partial charge is 0.457 e. The highest BCUT2D eigenvalue weighted by molar-refractivity contribution is 7.98. The van der Waals surface area contributed by atoms with E-state index in [1.54, 1.807) is 18.4 Å². The van der Waals surface area contributed by atoms with Gasteiger partial charge in [-0.05, 0) is 36.1 Å². The highest BCUT2D eigenvalue weighted by atomic mass is 35.5. The van der Waals surface area contributed by atoms with E-state index in [0.717, 1.165) is 0 Å². The molecule has 0 aromatic heterocycles. The third-order valence-corrected chi connectivity index (χ3v) is 4.53. The summed E-state index contributed by atoms with van der Waals surface area (Å²) in [6.07, 6.45) is 1.73. The molecular weight excluding hydrogens is 370 g/mol. The van der Waals surface area contributed by atoms with Crippen LogP contribution >= 0.6 is 23.4 Å². The van der Waals surface area contributed by atoms with Gasteiger partial charge in [0, 0.05) is 6.07 Å². The van der Waals surface area contributed by atoms with Crippen LogP contribution in [-0.4, -0.2) is 23.9 Å². The van der Waals surface area contributed by atoms with Crippen molar-refractivity contribution in [2.24, 2.45) is 0 Å². The van der Waals surface area contributed by atoms with Crippen molar-refractivity contribution in [3.63, 3.8) is 0 Å². The molecule has 9 heteroatoms. The molecule has 7 nitrogen and oxygen atoms in total. The molecule has 0 atom stereocenters. The van der Waals surface area contributed by atoms with Crippen LogP contribution in [0.25, 0.3) is 0 Å². The second kappa shape index (κ2) is 7.20. The van der Waals surface area contributed by atoms with E-state index < -0.39 is 10.9 Å². The lowest BCUT2D eigenvalue weighted by atomic mass is 10.2. The first-order valence-electron chi connectivity index (χ1n) is 7.07. The van der Waals surface area contributed by atoms with Crippen molar-refractivity contribution in [2.75, 3.05) is 13.0 Å². The lowest BCUT2D eigenvalue weighted by Crippen LogP contribution is -2.06. The molecular formula is C16H12ClNO6S. The van der Waals surface area contributed by atoms with Crippen LogP contribution in [0.5, 0.6) is 11.5 Å². The van der Waals surface area contributed by atoms with Crippen LogP contribution < -0.4 is 9.47 Å². The van der Waals surface area contributed by atoms with Crippen LogP contribution in [0, 0.1) is 10.1 Å². The first-order valence-corrected chi connectivity index (χ1v) is 8.67. The number of nitrogens with zero attached hydrogens (tertiary/aromatic N) is 1. The van der Waals surface area contributed by atoms with Crippen molar-refractivity contribution in [1.82, 2.24) is 0 Å². The van der Waals surface area contributed by atoms with Gasteiger partial charge in [-0.2, -0.15) is 0 Å². The van der Waals surface area contributed by atoms with E-state index in [4.69, 9.17) is 25.8 Å². The molecule has 3 rings (SSSR count). The van der Waals surface area contributed by atoms with Gasteiger partial charge < -0.3 is 14.2 Å². The molecule has 1 aliphatic rings. The first kappa shape index (κ1) is 17.4. The van der Waals surface area contributed by atoms with Crippen molar-refractivity contribution >= 4 is 35.0 Å². The minimum absolute atomic E-state index is 0.0483. The monoisotopic (exact) mass is 381 g/mol. The fraction of sp³-hybridized carbons (Fsp3) is 0.188. The molecule has 0 bridgehead atoms. The Kier molecular flexibility index (Phi) is 5.00. The molecule has 25 heavy (non-hydrogen) atoms. The normalized spacial score (nSPS) is 12.1. The van der Waals surface area contributed by atoms with Gasteiger partial charge in [-0.15, -0.1) is 11.8 Å². The average Bonchev–Trinajstić information content (AvgIpc) is 3.08. The highest BCUT2D eigenvalue weighted by Gasteiger charge is 2.20. The second-order valence-corrected chi connectivity index (χ2v) is 6.29. The summed E-state index contributed by atoms with van der Waals surface area (Å²) in [5, 5.41) is 11.4. The zero-order valence-electron chi connectivity index (χ0n) is 13.0. The Bertz CT molecular complexity index is 857. The summed E-state index contributed by atoms with van der Waals surface area (Å²) >= 11 is 7.31. The minimum Gasteiger partial charge on any atom is -0.457 e. The molecule has 2 aromatic rings. The third-order valence-electron chi connectivity index (χ3n) is 3.47. The van der Waals surface area contributed by atoms with Crippen LogP contribution in [0.3, 0.4) is 0 Å². The molecule has 1 aliphatic heterocycles. The topological polar surface area (TPSA) is 87.9 Å². The van der Waals surface area contributed by atoms with E-state index in [1.165, 1.54) is 30.0 Å². The predicted octanol–water partition coefficient (Wildman–Crippen LogP) is 4.06. The van der Waals surface area contributed by atoms with Crippen LogP contribution in [0.4, 0.5) is 5.69 Å². The number of carbonyl (C=O) groups is 1. The lowest BCUT2D eigenvalue weighted by molar-refractivity contribution is -0.387. The number of fused-ring (bicyclic) bond motifs is 1. The SMILES string of the molecule is CSc1ccc(C(=O)OCc2cc(Cl)c3c(c2)OCO3)cc1[N+](=O)[O-]. The third kappa shape index (κ3) is 3.64. The van der Waals surface area contributed by atoms with Gasteiger partial charge in [0.2, 0.25) is 6.79 Å². The quantitative estimate of drug-likeness (QED) is 0.334. The number of hydrogen-bond acceptors (Lipinski definition) is 7. The van der Waals surface area contributed by atoms with Gasteiger partial charge in [0.15, 0.2) is 11.5 Å². The molecule has 0 amide bonds. The van der Waals surface area contributed by atoms with Gasteiger partial charge in [0.05, 0.1) is 20.4 Å².